The lowest BCUT2D eigenvalue weighted by atomic mass is 10.1. The number of nitrogens with one attached hydrogen (secondary N) is 1. The average Bonchev–Trinajstić information content (AvgIpc) is 3.60. The number of pyridine rings is 2. The minimum Gasteiger partial charge on any atom is -0.497 e. The first-order valence-electron chi connectivity index (χ1n) is 15.5. The van der Waals surface area contributed by atoms with Gasteiger partial charge in [-0.1, -0.05) is 12.1 Å². The van der Waals surface area contributed by atoms with Gasteiger partial charge in [-0.25, -0.2) is 8.78 Å². The van der Waals surface area contributed by atoms with Crippen molar-refractivity contribution in [1.82, 2.24) is 9.55 Å². The molecule has 10 nitrogen and oxygen atoms in total. The van der Waals surface area contributed by atoms with Gasteiger partial charge < -0.3 is 29.0 Å². The lowest BCUT2D eigenvalue weighted by Crippen LogP contribution is -2.29. The second-order valence-corrected chi connectivity index (χ2v) is 11.3. The summed E-state index contributed by atoms with van der Waals surface area (Å²) in [4.78, 5) is 31.4. The summed E-state index contributed by atoms with van der Waals surface area (Å²) in [5.74, 6) is -0.0161. The van der Waals surface area contributed by atoms with Gasteiger partial charge in [0.05, 0.1) is 26.3 Å². The maximum absolute atomic E-state index is 15.5. The molecular formula is C38H29F2N3O7. The fraction of sp³-hybridized carbons (Fsp3) is 0.132. The summed E-state index contributed by atoms with van der Waals surface area (Å²) in [6.07, 6.45) is 3.59. The molecule has 0 radical (unpaired) electrons. The van der Waals surface area contributed by atoms with Crippen molar-refractivity contribution >= 4 is 22.5 Å². The fourth-order valence-corrected chi connectivity index (χ4v) is 5.60. The third-order valence-electron chi connectivity index (χ3n) is 8.14. The normalized spacial score (nSPS) is 11.8. The first-order chi connectivity index (χ1) is 24.3. The van der Waals surface area contributed by atoms with Gasteiger partial charge in [0.1, 0.15) is 35.2 Å². The van der Waals surface area contributed by atoms with Crippen LogP contribution in [-0.4, -0.2) is 36.3 Å². The van der Waals surface area contributed by atoms with E-state index in [-0.39, 0.29) is 36.0 Å². The van der Waals surface area contributed by atoms with Gasteiger partial charge in [0.2, 0.25) is 0 Å². The standard InChI is InChI=1S/C38H29F2N3O7/c1-46-27-10-3-22(4-11-27)21-49-34-19-30-28(18-33(34)47-2)31(13-15-41-30)50-32-12-7-25(17-29(32)40)42-37(44)35-36-23(14-16-48-36)20-43(38(35)45)26-8-5-24(39)6-9-26/h3-13,15,17-20H,14,16,21H2,1-2H3,(H,42,44). The van der Waals surface area contributed by atoms with Crippen LogP contribution in [0.15, 0.2) is 102 Å². The van der Waals surface area contributed by atoms with E-state index in [1.807, 2.05) is 24.3 Å². The number of carbonyl (C=O) groups is 1. The zero-order valence-electron chi connectivity index (χ0n) is 26.9. The van der Waals surface area contributed by atoms with E-state index in [0.717, 1.165) is 17.4 Å². The van der Waals surface area contributed by atoms with E-state index in [2.05, 4.69) is 10.3 Å². The third kappa shape index (κ3) is 6.38. The summed E-state index contributed by atoms with van der Waals surface area (Å²) < 4.78 is 58.7. The second-order valence-electron chi connectivity index (χ2n) is 11.3. The smallest absolute Gasteiger partial charge is 0.271 e. The van der Waals surface area contributed by atoms with Crippen LogP contribution in [0.4, 0.5) is 14.5 Å². The van der Waals surface area contributed by atoms with Crippen molar-refractivity contribution in [3.63, 3.8) is 0 Å². The molecule has 252 valence electrons. The van der Waals surface area contributed by atoms with E-state index < -0.39 is 23.1 Å². The van der Waals surface area contributed by atoms with E-state index in [1.54, 1.807) is 31.5 Å². The number of carbonyl (C=O) groups excluding carboxylic acids is 1. The Balaban J connectivity index is 1.11. The summed E-state index contributed by atoms with van der Waals surface area (Å²) in [5, 5.41) is 3.14. The minimum absolute atomic E-state index is 0.0862. The predicted molar refractivity (Wildman–Crippen MR) is 181 cm³/mol. The van der Waals surface area contributed by atoms with Crippen molar-refractivity contribution in [3.05, 3.63) is 136 Å². The first-order valence-corrected chi connectivity index (χ1v) is 15.5. The molecule has 1 amide bonds. The molecule has 0 unspecified atom stereocenters. The summed E-state index contributed by atoms with van der Waals surface area (Å²) in [6.45, 7) is 0.567. The zero-order valence-corrected chi connectivity index (χ0v) is 26.9. The van der Waals surface area contributed by atoms with Crippen LogP contribution in [0.2, 0.25) is 0 Å². The second kappa shape index (κ2) is 13.6. The van der Waals surface area contributed by atoms with E-state index in [0.29, 0.717) is 45.8 Å². The number of nitrogens with zero attached hydrogens (tertiary/aromatic N) is 2. The number of amides is 1. The largest absolute Gasteiger partial charge is 0.497 e. The molecule has 0 saturated heterocycles. The number of ether oxygens (including phenoxy) is 5. The van der Waals surface area contributed by atoms with Gasteiger partial charge in [0.25, 0.3) is 11.5 Å². The quantitative estimate of drug-likeness (QED) is 0.162. The highest BCUT2D eigenvalue weighted by atomic mass is 19.1. The molecule has 0 spiro atoms. The van der Waals surface area contributed by atoms with Gasteiger partial charge in [0, 0.05) is 53.3 Å². The highest BCUT2D eigenvalue weighted by molar-refractivity contribution is 6.06. The van der Waals surface area contributed by atoms with Gasteiger partial charge in [0.15, 0.2) is 23.1 Å². The molecule has 6 aromatic rings. The fourth-order valence-electron chi connectivity index (χ4n) is 5.60. The number of methoxy groups -OCH3 is 2. The molecule has 0 saturated carbocycles. The van der Waals surface area contributed by atoms with E-state index in [9.17, 15) is 14.0 Å². The van der Waals surface area contributed by atoms with Crippen LogP contribution in [0.25, 0.3) is 16.6 Å². The maximum atomic E-state index is 15.5. The first kappa shape index (κ1) is 32.1. The Morgan fingerprint density at radius 3 is 2.44 bits per heavy atom. The minimum atomic E-state index is -0.782. The van der Waals surface area contributed by atoms with E-state index >= 15 is 4.39 Å². The van der Waals surface area contributed by atoms with Crippen molar-refractivity contribution in [2.24, 2.45) is 0 Å². The molecule has 0 fully saturated rings. The molecule has 1 N–H and O–H groups in total. The van der Waals surface area contributed by atoms with Crippen molar-refractivity contribution in [1.29, 1.82) is 0 Å². The number of hydrogen-bond donors (Lipinski definition) is 1. The summed E-state index contributed by atoms with van der Waals surface area (Å²) in [5.41, 5.74) is 1.66. The van der Waals surface area contributed by atoms with Crippen LogP contribution >= 0.6 is 0 Å². The molecule has 1 aliphatic heterocycles. The van der Waals surface area contributed by atoms with Gasteiger partial charge in [-0.05, 0) is 66.2 Å². The predicted octanol–water partition coefficient (Wildman–Crippen LogP) is 7.24. The van der Waals surface area contributed by atoms with Crippen molar-refractivity contribution in [2.45, 2.75) is 13.0 Å². The topological polar surface area (TPSA) is 110 Å². The van der Waals surface area contributed by atoms with Crippen LogP contribution in [0.3, 0.4) is 0 Å². The van der Waals surface area contributed by atoms with Crippen LogP contribution in [0.1, 0.15) is 21.5 Å². The Hall–Kier alpha value is -6.43. The molecule has 0 bridgehead atoms. The van der Waals surface area contributed by atoms with Crippen LogP contribution < -0.4 is 34.6 Å². The Kier molecular flexibility index (Phi) is 8.73. The number of rotatable bonds is 10. The summed E-state index contributed by atoms with van der Waals surface area (Å²) in [7, 11) is 3.12. The van der Waals surface area contributed by atoms with Crippen LogP contribution in [-0.2, 0) is 13.0 Å². The Labute approximate surface area is 284 Å². The SMILES string of the molecule is COc1ccc(COc2cc3nccc(Oc4ccc(NC(=O)c5c6c(cn(-c7ccc(F)cc7)c5=O)CCO6)cc4F)c3cc2OC)cc1. The molecular weight excluding hydrogens is 648 g/mol. The number of halogens is 2. The van der Waals surface area contributed by atoms with Crippen molar-refractivity contribution in [3.8, 4) is 40.2 Å². The van der Waals surface area contributed by atoms with Crippen molar-refractivity contribution < 1.29 is 37.3 Å². The number of aromatic nitrogens is 2. The highest BCUT2D eigenvalue weighted by Gasteiger charge is 2.27. The Morgan fingerprint density at radius 2 is 1.70 bits per heavy atom. The number of hydrogen-bond acceptors (Lipinski definition) is 8. The Morgan fingerprint density at radius 1 is 0.900 bits per heavy atom. The molecule has 7 rings (SSSR count). The summed E-state index contributed by atoms with van der Waals surface area (Å²) in [6, 6.07) is 21.7. The Bertz CT molecular complexity index is 2290. The number of benzene rings is 4. The van der Waals surface area contributed by atoms with Gasteiger partial charge >= 0.3 is 0 Å². The van der Waals surface area contributed by atoms with Crippen LogP contribution in [0.5, 0.6) is 34.5 Å². The molecule has 50 heavy (non-hydrogen) atoms. The van der Waals surface area contributed by atoms with Gasteiger partial charge in [-0.2, -0.15) is 0 Å². The highest BCUT2D eigenvalue weighted by Crippen LogP contribution is 2.38. The van der Waals surface area contributed by atoms with Gasteiger partial charge in [-0.15, -0.1) is 0 Å². The summed E-state index contributed by atoms with van der Waals surface area (Å²) >= 11 is 0. The maximum Gasteiger partial charge on any atom is 0.271 e. The third-order valence-corrected chi connectivity index (χ3v) is 8.14. The number of fused-ring (bicyclic) bond motifs is 2. The molecule has 1 aliphatic rings. The van der Waals surface area contributed by atoms with E-state index in [4.69, 9.17) is 23.7 Å². The lowest BCUT2D eigenvalue weighted by Gasteiger charge is -2.15. The van der Waals surface area contributed by atoms with Crippen molar-refractivity contribution in [2.75, 3.05) is 26.1 Å². The molecule has 0 aliphatic carbocycles. The van der Waals surface area contributed by atoms with Gasteiger partial charge in [-0.3, -0.25) is 19.1 Å². The zero-order chi connectivity index (χ0) is 34.8. The molecule has 0 atom stereocenters. The van der Waals surface area contributed by atoms with E-state index in [1.165, 1.54) is 54.3 Å². The lowest BCUT2D eigenvalue weighted by molar-refractivity contribution is 0.102. The number of anilines is 1. The van der Waals surface area contributed by atoms with Crippen LogP contribution in [0, 0.1) is 11.6 Å². The molecule has 4 aromatic carbocycles. The average molecular weight is 678 g/mol. The monoisotopic (exact) mass is 677 g/mol. The molecule has 12 heteroatoms. The molecule has 2 aromatic heterocycles. The molecule has 3 heterocycles.